The zero-order valence-electron chi connectivity index (χ0n) is 9.60. The SMILES string of the molecule is CC1(C)O[B]OC1(C)C.c1cncnc1. The van der Waals surface area contributed by atoms with Gasteiger partial charge in [-0.1, -0.05) is 0 Å². The van der Waals surface area contributed by atoms with Crippen LogP contribution in [0.2, 0.25) is 0 Å². The highest BCUT2D eigenvalue weighted by molar-refractivity contribution is 6.19. The molecule has 1 aromatic heterocycles. The average molecular weight is 207 g/mol. The summed E-state index contributed by atoms with van der Waals surface area (Å²) in [5.74, 6) is 0. The topological polar surface area (TPSA) is 44.2 Å². The van der Waals surface area contributed by atoms with Crippen molar-refractivity contribution in [3.05, 3.63) is 24.8 Å². The van der Waals surface area contributed by atoms with E-state index in [0.29, 0.717) is 0 Å². The minimum atomic E-state index is -0.188. The van der Waals surface area contributed by atoms with Gasteiger partial charge in [0, 0.05) is 12.4 Å². The average Bonchev–Trinajstić information content (AvgIpc) is 2.43. The number of hydrogen-bond donors (Lipinski definition) is 0. The Morgan fingerprint density at radius 1 is 0.933 bits per heavy atom. The molecule has 1 fully saturated rings. The molecule has 0 amide bonds. The van der Waals surface area contributed by atoms with Crippen molar-refractivity contribution in [2.24, 2.45) is 0 Å². The summed E-state index contributed by atoms with van der Waals surface area (Å²) >= 11 is 0. The fraction of sp³-hybridized carbons (Fsp3) is 0.600. The van der Waals surface area contributed by atoms with E-state index < -0.39 is 0 Å². The summed E-state index contributed by atoms with van der Waals surface area (Å²) in [7, 11) is 1.42. The van der Waals surface area contributed by atoms with Crippen LogP contribution in [0.5, 0.6) is 0 Å². The van der Waals surface area contributed by atoms with E-state index in [1.165, 1.54) is 14.0 Å². The molecule has 0 bridgehead atoms. The first-order valence-corrected chi connectivity index (χ1v) is 4.83. The third-order valence-electron chi connectivity index (χ3n) is 2.61. The monoisotopic (exact) mass is 207 g/mol. The molecular weight excluding hydrogens is 191 g/mol. The predicted molar refractivity (Wildman–Crippen MR) is 58.1 cm³/mol. The van der Waals surface area contributed by atoms with Crippen molar-refractivity contribution in [3.63, 3.8) is 0 Å². The second kappa shape index (κ2) is 4.72. The molecule has 0 unspecified atom stereocenters. The Bertz CT molecular complexity index is 250. The maximum absolute atomic E-state index is 5.21. The quantitative estimate of drug-likeness (QED) is 0.606. The van der Waals surface area contributed by atoms with Gasteiger partial charge in [-0.2, -0.15) is 0 Å². The highest BCUT2D eigenvalue weighted by Crippen LogP contribution is 2.33. The molecule has 0 spiro atoms. The fourth-order valence-corrected chi connectivity index (χ4v) is 0.802. The van der Waals surface area contributed by atoms with E-state index in [9.17, 15) is 0 Å². The molecule has 1 radical (unpaired) electrons. The zero-order valence-corrected chi connectivity index (χ0v) is 9.60. The van der Waals surface area contributed by atoms with Crippen LogP contribution in [0, 0.1) is 0 Å². The summed E-state index contributed by atoms with van der Waals surface area (Å²) in [5.41, 5.74) is -0.375. The number of rotatable bonds is 0. The van der Waals surface area contributed by atoms with Crippen LogP contribution in [0.3, 0.4) is 0 Å². The van der Waals surface area contributed by atoms with E-state index in [1.54, 1.807) is 18.5 Å². The summed E-state index contributed by atoms with van der Waals surface area (Å²) in [5, 5.41) is 0. The first kappa shape index (κ1) is 12.1. The van der Waals surface area contributed by atoms with Gasteiger partial charge in [0.25, 0.3) is 0 Å². The van der Waals surface area contributed by atoms with Gasteiger partial charge in [-0.15, -0.1) is 0 Å². The third-order valence-corrected chi connectivity index (χ3v) is 2.61. The van der Waals surface area contributed by atoms with Crippen molar-refractivity contribution in [2.45, 2.75) is 38.9 Å². The summed E-state index contributed by atoms with van der Waals surface area (Å²) in [6, 6.07) is 1.78. The maximum atomic E-state index is 5.21. The van der Waals surface area contributed by atoms with Crippen LogP contribution >= 0.6 is 0 Å². The van der Waals surface area contributed by atoms with Gasteiger partial charge in [0.2, 0.25) is 0 Å². The van der Waals surface area contributed by atoms with E-state index in [-0.39, 0.29) is 11.2 Å². The number of hydrogen-bond acceptors (Lipinski definition) is 4. The maximum Gasteiger partial charge on any atom is 0.488 e. The van der Waals surface area contributed by atoms with Crippen LogP contribution in [-0.2, 0) is 9.31 Å². The van der Waals surface area contributed by atoms with Crippen LogP contribution in [0.25, 0.3) is 0 Å². The summed E-state index contributed by atoms with van der Waals surface area (Å²) in [6.45, 7) is 8.04. The van der Waals surface area contributed by atoms with Crippen molar-refractivity contribution < 1.29 is 9.31 Å². The standard InChI is InChI=1S/C6H12BO2.C4H4N2/c1-5(2)6(3,4)9-7-8-5;1-2-5-4-6-3-1/h1-4H3;1-4H. The van der Waals surface area contributed by atoms with Gasteiger partial charge >= 0.3 is 7.69 Å². The second-order valence-electron chi connectivity index (χ2n) is 4.26. The molecule has 1 aliphatic heterocycles. The highest BCUT2D eigenvalue weighted by atomic mass is 16.7. The van der Waals surface area contributed by atoms with E-state index >= 15 is 0 Å². The van der Waals surface area contributed by atoms with Gasteiger partial charge in [-0.05, 0) is 33.8 Å². The van der Waals surface area contributed by atoms with Crippen LogP contribution in [0.15, 0.2) is 24.8 Å². The molecule has 0 saturated carbocycles. The molecule has 1 aromatic rings. The largest absolute Gasteiger partial charge is 0.488 e. The van der Waals surface area contributed by atoms with Gasteiger partial charge in [-0.25, -0.2) is 9.97 Å². The predicted octanol–water partition coefficient (Wildman–Crippen LogP) is 1.60. The Morgan fingerprint density at radius 2 is 1.40 bits per heavy atom. The van der Waals surface area contributed by atoms with E-state index in [0.717, 1.165) is 0 Å². The Balaban J connectivity index is 0.000000162. The Morgan fingerprint density at radius 3 is 1.53 bits per heavy atom. The summed E-state index contributed by atoms with van der Waals surface area (Å²) in [6.07, 6.45) is 4.88. The molecule has 1 aliphatic rings. The number of aromatic nitrogens is 2. The van der Waals surface area contributed by atoms with E-state index in [2.05, 4.69) is 9.97 Å². The molecule has 2 rings (SSSR count). The van der Waals surface area contributed by atoms with E-state index in [1.807, 2.05) is 27.7 Å². The summed E-state index contributed by atoms with van der Waals surface area (Å²) < 4.78 is 10.4. The van der Waals surface area contributed by atoms with Gasteiger partial charge < -0.3 is 9.31 Å². The van der Waals surface area contributed by atoms with Crippen molar-refractivity contribution >= 4 is 7.69 Å². The molecule has 0 aliphatic carbocycles. The molecule has 81 valence electrons. The van der Waals surface area contributed by atoms with Gasteiger partial charge in [0.1, 0.15) is 6.33 Å². The molecular formula is C10H16BN2O2. The fourth-order valence-electron chi connectivity index (χ4n) is 0.802. The molecule has 0 aromatic carbocycles. The lowest BCUT2D eigenvalue weighted by molar-refractivity contribution is 0.00578. The van der Waals surface area contributed by atoms with Gasteiger partial charge in [0.15, 0.2) is 0 Å². The van der Waals surface area contributed by atoms with Gasteiger partial charge in [-0.3, -0.25) is 0 Å². The molecule has 4 nitrogen and oxygen atoms in total. The minimum Gasteiger partial charge on any atom is -0.405 e. The molecule has 15 heavy (non-hydrogen) atoms. The first-order chi connectivity index (χ1) is 6.96. The number of nitrogens with zero attached hydrogens (tertiary/aromatic N) is 2. The third kappa shape index (κ3) is 3.29. The highest BCUT2D eigenvalue weighted by Gasteiger charge is 2.44. The van der Waals surface area contributed by atoms with Gasteiger partial charge in [0.05, 0.1) is 11.2 Å². The second-order valence-corrected chi connectivity index (χ2v) is 4.26. The van der Waals surface area contributed by atoms with Crippen molar-refractivity contribution in [1.29, 1.82) is 0 Å². The Kier molecular flexibility index (Phi) is 3.82. The van der Waals surface area contributed by atoms with Crippen molar-refractivity contribution in [3.8, 4) is 0 Å². The Labute approximate surface area is 91.3 Å². The van der Waals surface area contributed by atoms with Crippen LogP contribution in [0.4, 0.5) is 0 Å². The van der Waals surface area contributed by atoms with Crippen LogP contribution in [-0.4, -0.2) is 28.9 Å². The Hall–Kier alpha value is -0.935. The van der Waals surface area contributed by atoms with E-state index in [4.69, 9.17) is 9.31 Å². The lowest BCUT2D eigenvalue weighted by Crippen LogP contribution is -2.41. The lowest BCUT2D eigenvalue weighted by Gasteiger charge is -2.32. The first-order valence-electron chi connectivity index (χ1n) is 4.83. The van der Waals surface area contributed by atoms with Crippen LogP contribution in [0.1, 0.15) is 27.7 Å². The normalized spacial score (nSPS) is 21.1. The smallest absolute Gasteiger partial charge is 0.405 e. The molecule has 1 saturated heterocycles. The molecule has 0 atom stereocenters. The molecule has 2 heterocycles. The molecule has 5 heteroatoms. The minimum absolute atomic E-state index is 0.187. The zero-order chi connectivity index (χ0) is 11.4. The molecule has 0 N–H and O–H groups in total. The van der Waals surface area contributed by atoms with Crippen LogP contribution < -0.4 is 0 Å². The van der Waals surface area contributed by atoms with Crippen molar-refractivity contribution in [2.75, 3.05) is 0 Å². The lowest BCUT2D eigenvalue weighted by atomic mass is 9.90. The summed E-state index contributed by atoms with van der Waals surface area (Å²) in [4.78, 5) is 7.35. The van der Waals surface area contributed by atoms with Crippen molar-refractivity contribution in [1.82, 2.24) is 9.97 Å².